The van der Waals surface area contributed by atoms with Crippen molar-refractivity contribution in [1.29, 1.82) is 0 Å². The van der Waals surface area contributed by atoms with Crippen molar-refractivity contribution >= 4 is 16.5 Å². The summed E-state index contributed by atoms with van der Waals surface area (Å²) in [5, 5.41) is 20.7. The van der Waals surface area contributed by atoms with E-state index in [2.05, 4.69) is 37.3 Å². The van der Waals surface area contributed by atoms with Crippen LogP contribution in [0.25, 0.3) is 10.8 Å². The van der Waals surface area contributed by atoms with Crippen molar-refractivity contribution in [3.8, 4) is 0 Å². The molecule has 2 rings (SSSR count). The fourth-order valence-electron chi connectivity index (χ4n) is 2.07. The summed E-state index contributed by atoms with van der Waals surface area (Å²) in [7, 11) is 1.91. The average molecular weight is 245 g/mol. The van der Waals surface area contributed by atoms with Crippen LogP contribution in [-0.2, 0) is 0 Å². The van der Waals surface area contributed by atoms with E-state index in [4.69, 9.17) is 5.11 Å². The quantitative estimate of drug-likeness (QED) is 0.865. The van der Waals surface area contributed by atoms with Crippen molar-refractivity contribution in [1.82, 2.24) is 0 Å². The molecule has 96 valence electrons. The van der Waals surface area contributed by atoms with E-state index >= 15 is 0 Å². The third kappa shape index (κ3) is 2.81. The molecule has 0 radical (unpaired) electrons. The number of rotatable bonds is 4. The van der Waals surface area contributed by atoms with E-state index in [0.29, 0.717) is 6.54 Å². The highest BCUT2D eigenvalue weighted by molar-refractivity contribution is 5.86. The monoisotopic (exact) mass is 245 g/mol. The van der Waals surface area contributed by atoms with Crippen LogP contribution >= 0.6 is 0 Å². The highest BCUT2D eigenvalue weighted by Crippen LogP contribution is 2.22. The molecule has 0 aromatic heterocycles. The molecule has 18 heavy (non-hydrogen) atoms. The Morgan fingerprint density at radius 2 is 1.78 bits per heavy atom. The number of benzene rings is 2. The van der Waals surface area contributed by atoms with Crippen LogP contribution in [0, 0.1) is 6.92 Å². The van der Waals surface area contributed by atoms with Gasteiger partial charge in [-0.25, -0.2) is 0 Å². The third-order valence-electron chi connectivity index (χ3n) is 3.12. The highest BCUT2D eigenvalue weighted by Gasteiger charge is 2.08. The average Bonchev–Trinajstić information content (AvgIpc) is 2.37. The summed E-state index contributed by atoms with van der Waals surface area (Å²) >= 11 is 0. The molecule has 2 N–H and O–H groups in total. The summed E-state index contributed by atoms with van der Waals surface area (Å²) in [6.07, 6.45) is -0.705. The van der Waals surface area contributed by atoms with Gasteiger partial charge in [-0.3, -0.25) is 0 Å². The smallest absolute Gasteiger partial charge is 0.0945 e. The first-order valence-corrected chi connectivity index (χ1v) is 6.10. The number of hydrogen-bond donors (Lipinski definition) is 2. The number of aryl methyl sites for hydroxylation is 1. The van der Waals surface area contributed by atoms with Gasteiger partial charge in [0.25, 0.3) is 0 Å². The third-order valence-corrected chi connectivity index (χ3v) is 3.12. The zero-order valence-corrected chi connectivity index (χ0v) is 10.8. The van der Waals surface area contributed by atoms with Crippen LogP contribution in [0.3, 0.4) is 0 Å². The molecule has 0 saturated heterocycles. The Balaban J connectivity index is 2.26. The van der Waals surface area contributed by atoms with Crippen LogP contribution in [0.5, 0.6) is 0 Å². The summed E-state index contributed by atoms with van der Waals surface area (Å²) in [6.45, 7) is 2.29. The van der Waals surface area contributed by atoms with E-state index in [-0.39, 0.29) is 6.61 Å². The number of hydrogen-bond acceptors (Lipinski definition) is 3. The molecule has 0 spiro atoms. The van der Waals surface area contributed by atoms with Crippen LogP contribution in [0.15, 0.2) is 36.4 Å². The van der Waals surface area contributed by atoms with Gasteiger partial charge in [-0.15, -0.1) is 0 Å². The minimum Gasteiger partial charge on any atom is -0.394 e. The van der Waals surface area contributed by atoms with Gasteiger partial charge in [0.15, 0.2) is 0 Å². The summed E-state index contributed by atoms with van der Waals surface area (Å²) in [5.41, 5.74) is 2.29. The molecule has 3 nitrogen and oxygen atoms in total. The maximum Gasteiger partial charge on any atom is 0.0945 e. The van der Waals surface area contributed by atoms with Gasteiger partial charge in [0.2, 0.25) is 0 Å². The Labute approximate surface area is 107 Å². The first kappa shape index (κ1) is 12.9. The second-order valence-corrected chi connectivity index (χ2v) is 4.75. The lowest BCUT2D eigenvalue weighted by Gasteiger charge is -2.22. The minimum absolute atomic E-state index is 0.211. The number of fused-ring (bicyclic) bond motifs is 1. The van der Waals surface area contributed by atoms with Crippen LogP contribution in [-0.4, -0.2) is 36.5 Å². The van der Waals surface area contributed by atoms with Gasteiger partial charge in [0.1, 0.15) is 0 Å². The van der Waals surface area contributed by atoms with Crippen LogP contribution in [0.2, 0.25) is 0 Å². The Kier molecular flexibility index (Phi) is 3.84. The largest absolute Gasteiger partial charge is 0.394 e. The zero-order chi connectivity index (χ0) is 13.1. The first-order valence-electron chi connectivity index (χ1n) is 6.10. The van der Waals surface area contributed by atoms with Crippen LogP contribution in [0.4, 0.5) is 5.69 Å². The second-order valence-electron chi connectivity index (χ2n) is 4.75. The van der Waals surface area contributed by atoms with E-state index in [9.17, 15) is 5.11 Å². The molecule has 1 unspecified atom stereocenters. The predicted octanol–water partition coefficient (Wildman–Crippen LogP) is 1.94. The maximum absolute atomic E-state index is 9.45. The summed E-state index contributed by atoms with van der Waals surface area (Å²) < 4.78 is 0. The molecule has 0 aliphatic heterocycles. The lowest BCUT2D eigenvalue weighted by molar-refractivity contribution is 0.101. The lowest BCUT2D eigenvalue weighted by atomic mass is 10.1. The molecular formula is C15H19NO2. The van der Waals surface area contributed by atoms with Gasteiger partial charge < -0.3 is 15.1 Å². The summed E-state index contributed by atoms with van der Waals surface area (Å²) in [4.78, 5) is 1.94. The molecule has 2 aromatic rings. The minimum atomic E-state index is -0.705. The summed E-state index contributed by atoms with van der Waals surface area (Å²) in [5.74, 6) is 0. The maximum atomic E-state index is 9.45. The number of likely N-dealkylation sites (N-methyl/N-ethyl adjacent to an activating group) is 1. The molecule has 0 aliphatic carbocycles. The standard InChI is InChI=1S/C15H19NO2/c1-11-3-4-13-8-14(6-5-12(13)7-11)16(2)9-15(18)10-17/h3-8,15,17-18H,9-10H2,1-2H3. The van der Waals surface area contributed by atoms with Crippen LogP contribution < -0.4 is 4.90 Å². The Bertz CT molecular complexity index is 539. The van der Waals surface area contributed by atoms with E-state index in [0.717, 1.165) is 5.69 Å². The van der Waals surface area contributed by atoms with Crippen molar-refractivity contribution < 1.29 is 10.2 Å². The molecule has 0 saturated carbocycles. The molecule has 3 heteroatoms. The molecule has 2 aromatic carbocycles. The van der Waals surface area contributed by atoms with Crippen molar-refractivity contribution in [3.05, 3.63) is 42.0 Å². The van der Waals surface area contributed by atoms with E-state index < -0.39 is 6.10 Å². The Morgan fingerprint density at radius 1 is 1.11 bits per heavy atom. The molecule has 0 heterocycles. The van der Waals surface area contributed by atoms with Crippen LogP contribution in [0.1, 0.15) is 5.56 Å². The lowest BCUT2D eigenvalue weighted by Crippen LogP contribution is -2.31. The van der Waals surface area contributed by atoms with E-state index in [1.165, 1.54) is 16.3 Å². The van der Waals surface area contributed by atoms with Crippen molar-refractivity contribution in [2.45, 2.75) is 13.0 Å². The molecule has 0 amide bonds. The molecule has 0 aliphatic rings. The molecular weight excluding hydrogens is 226 g/mol. The van der Waals surface area contributed by atoms with Gasteiger partial charge in [-0.2, -0.15) is 0 Å². The van der Waals surface area contributed by atoms with E-state index in [1.807, 2.05) is 18.0 Å². The van der Waals surface area contributed by atoms with Crippen molar-refractivity contribution in [3.63, 3.8) is 0 Å². The molecule has 0 fully saturated rings. The number of nitrogens with zero attached hydrogens (tertiary/aromatic N) is 1. The van der Waals surface area contributed by atoms with Crippen molar-refractivity contribution in [2.75, 3.05) is 25.1 Å². The van der Waals surface area contributed by atoms with Crippen molar-refractivity contribution in [2.24, 2.45) is 0 Å². The molecule has 1 atom stereocenters. The summed E-state index contributed by atoms with van der Waals surface area (Å²) in [6, 6.07) is 12.6. The number of aliphatic hydroxyl groups excluding tert-OH is 2. The normalized spacial score (nSPS) is 12.7. The topological polar surface area (TPSA) is 43.7 Å². The van der Waals surface area contributed by atoms with E-state index in [1.54, 1.807) is 0 Å². The van der Waals surface area contributed by atoms with Gasteiger partial charge in [-0.1, -0.05) is 29.8 Å². The first-order chi connectivity index (χ1) is 8.60. The van der Waals surface area contributed by atoms with Gasteiger partial charge in [0.05, 0.1) is 12.7 Å². The zero-order valence-electron chi connectivity index (χ0n) is 10.8. The molecule has 0 bridgehead atoms. The SMILES string of the molecule is Cc1ccc2cc(N(C)CC(O)CO)ccc2c1. The Hall–Kier alpha value is -1.58. The highest BCUT2D eigenvalue weighted by atomic mass is 16.3. The fourth-order valence-corrected chi connectivity index (χ4v) is 2.07. The van der Waals surface area contributed by atoms with Gasteiger partial charge in [-0.05, 0) is 29.8 Å². The predicted molar refractivity (Wildman–Crippen MR) is 75.0 cm³/mol. The fraction of sp³-hybridized carbons (Fsp3) is 0.333. The number of anilines is 1. The van der Waals surface area contributed by atoms with Gasteiger partial charge >= 0.3 is 0 Å². The Morgan fingerprint density at radius 3 is 2.50 bits per heavy atom. The number of aliphatic hydroxyl groups is 2. The second kappa shape index (κ2) is 5.38. The van der Waals surface area contributed by atoms with Gasteiger partial charge in [0, 0.05) is 19.3 Å².